The van der Waals surface area contributed by atoms with Crippen molar-refractivity contribution in [3.05, 3.63) is 100 Å². The van der Waals surface area contributed by atoms with Crippen molar-refractivity contribution >= 4 is 46.0 Å². The Morgan fingerprint density at radius 2 is 1.74 bits per heavy atom. The lowest BCUT2D eigenvalue weighted by molar-refractivity contribution is -0.137. The van der Waals surface area contributed by atoms with Gasteiger partial charge in [0.2, 0.25) is 0 Å². The average molecular weight is 551 g/mol. The van der Waals surface area contributed by atoms with Crippen molar-refractivity contribution in [2.75, 3.05) is 10.4 Å². The Morgan fingerprint density at radius 1 is 1.00 bits per heavy atom. The second kappa shape index (κ2) is 10.1. The van der Waals surface area contributed by atoms with Crippen LogP contribution >= 0.6 is 11.3 Å². The van der Waals surface area contributed by atoms with E-state index in [0.717, 1.165) is 29.3 Å². The minimum atomic E-state index is -4.53. The van der Waals surface area contributed by atoms with Gasteiger partial charge in [0.25, 0.3) is 0 Å². The maximum atomic E-state index is 13.3. The number of carbonyl (C=O) groups is 2. The highest BCUT2D eigenvalue weighted by Gasteiger charge is 2.35. The van der Waals surface area contributed by atoms with E-state index in [1.807, 2.05) is 0 Å². The standard InChI is InChI=1S/C27H17F3N4O4S/c28-27(29,30)18-7-9-19(10-8-18)34-25(36)23(22(33-34)17-11-12-39-14-17)32-31-21-6-2-5-20(24(21)35)15-3-1-4-16(13-15)26(37)38/h1-14,31,35H,(H,37,38). The third kappa shape index (κ3) is 5.09. The minimum Gasteiger partial charge on any atom is -0.505 e. The molecular formula is C27H17F3N4O4S. The van der Waals surface area contributed by atoms with Gasteiger partial charge < -0.3 is 10.2 Å². The smallest absolute Gasteiger partial charge is 0.416 e. The normalized spacial score (nSPS) is 14.5. The van der Waals surface area contributed by atoms with Gasteiger partial charge in [-0.1, -0.05) is 24.3 Å². The first-order chi connectivity index (χ1) is 18.6. The molecule has 5 rings (SSSR count). The number of amides is 1. The number of halogens is 3. The Hall–Kier alpha value is -4.97. The maximum Gasteiger partial charge on any atom is 0.416 e. The highest BCUT2D eigenvalue weighted by molar-refractivity contribution is 7.08. The average Bonchev–Trinajstić information content (AvgIpc) is 3.56. The molecule has 0 atom stereocenters. The van der Waals surface area contributed by atoms with Crippen molar-refractivity contribution < 1.29 is 33.0 Å². The number of para-hydroxylation sites is 1. The summed E-state index contributed by atoms with van der Waals surface area (Å²) < 4.78 is 39.0. The summed E-state index contributed by atoms with van der Waals surface area (Å²) in [5, 5.41) is 33.2. The van der Waals surface area contributed by atoms with E-state index in [2.05, 4.69) is 15.6 Å². The van der Waals surface area contributed by atoms with Gasteiger partial charge in [0, 0.05) is 16.5 Å². The molecule has 0 radical (unpaired) electrons. The summed E-state index contributed by atoms with van der Waals surface area (Å²) in [5.41, 5.74) is 3.54. The summed E-state index contributed by atoms with van der Waals surface area (Å²) in [4.78, 5) is 24.6. The molecule has 12 heteroatoms. The van der Waals surface area contributed by atoms with Crippen LogP contribution in [-0.4, -0.2) is 33.5 Å². The van der Waals surface area contributed by atoms with Crippen LogP contribution in [-0.2, 0) is 11.0 Å². The number of hydrogen-bond acceptors (Lipinski definition) is 7. The van der Waals surface area contributed by atoms with E-state index < -0.39 is 23.6 Å². The monoisotopic (exact) mass is 550 g/mol. The molecule has 1 aliphatic rings. The zero-order valence-corrected chi connectivity index (χ0v) is 20.5. The summed E-state index contributed by atoms with van der Waals surface area (Å²) in [7, 11) is 0. The molecule has 3 aromatic carbocycles. The molecule has 2 heterocycles. The molecule has 0 aliphatic carbocycles. The first kappa shape index (κ1) is 25.7. The number of thiophene rings is 1. The predicted octanol–water partition coefficient (Wildman–Crippen LogP) is 6.06. The zero-order chi connectivity index (χ0) is 27.7. The van der Waals surface area contributed by atoms with Gasteiger partial charge in [0.1, 0.15) is 11.5 Å². The number of phenolic OH excluding ortho intramolecular Hbond substituents is 1. The van der Waals surface area contributed by atoms with Crippen molar-refractivity contribution in [3.63, 3.8) is 0 Å². The molecule has 0 saturated heterocycles. The zero-order valence-electron chi connectivity index (χ0n) is 19.7. The first-order valence-electron chi connectivity index (χ1n) is 11.3. The number of carbonyl (C=O) groups excluding carboxylic acids is 1. The van der Waals surface area contributed by atoms with Crippen molar-refractivity contribution in [1.82, 2.24) is 0 Å². The third-order valence-corrected chi connectivity index (χ3v) is 6.48. The number of rotatable bonds is 6. The van der Waals surface area contributed by atoms with Crippen LogP contribution in [0.5, 0.6) is 5.75 Å². The predicted molar refractivity (Wildman–Crippen MR) is 141 cm³/mol. The Morgan fingerprint density at radius 3 is 2.41 bits per heavy atom. The van der Waals surface area contributed by atoms with Crippen LogP contribution < -0.4 is 10.4 Å². The lowest BCUT2D eigenvalue weighted by Gasteiger charge is -2.13. The number of phenols is 1. The summed E-state index contributed by atoms with van der Waals surface area (Å²) in [6, 6.07) is 16.5. The van der Waals surface area contributed by atoms with Gasteiger partial charge in [-0.3, -0.25) is 10.2 Å². The molecule has 3 N–H and O–H groups in total. The Kier molecular flexibility index (Phi) is 6.62. The van der Waals surface area contributed by atoms with E-state index >= 15 is 0 Å². The molecule has 0 bridgehead atoms. The van der Waals surface area contributed by atoms with E-state index in [1.54, 1.807) is 41.1 Å². The molecule has 1 amide bonds. The number of hydrazone groups is 2. The summed E-state index contributed by atoms with van der Waals surface area (Å²) >= 11 is 1.36. The molecule has 196 valence electrons. The van der Waals surface area contributed by atoms with Gasteiger partial charge in [-0.25, -0.2) is 4.79 Å². The Bertz CT molecular complexity index is 1630. The fourth-order valence-corrected chi connectivity index (χ4v) is 4.50. The highest BCUT2D eigenvalue weighted by Crippen LogP contribution is 2.36. The Labute approximate surface area is 223 Å². The molecule has 1 aliphatic heterocycles. The molecule has 0 saturated carbocycles. The molecule has 0 spiro atoms. The number of anilines is 2. The number of benzene rings is 3. The number of alkyl halides is 3. The number of nitrogens with zero attached hydrogens (tertiary/aromatic N) is 3. The van der Waals surface area contributed by atoms with Crippen LogP contribution in [0.1, 0.15) is 21.5 Å². The number of aromatic hydroxyl groups is 1. The van der Waals surface area contributed by atoms with Crippen molar-refractivity contribution in [3.8, 4) is 16.9 Å². The van der Waals surface area contributed by atoms with E-state index in [9.17, 15) is 33.0 Å². The van der Waals surface area contributed by atoms with Gasteiger partial charge in [-0.2, -0.15) is 39.7 Å². The van der Waals surface area contributed by atoms with Crippen LogP contribution in [0.2, 0.25) is 0 Å². The van der Waals surface area contributed by atoms with Crippen molar-refractivity contribution in [2.45, 2.75) is 6.18 Å². The molecule has 0 fully saturated rings. The van der Waals surface area contributed by atoms with Gasteiger partial charge in [0.15, 0.2) is 5.71 Å². The van der Waals surface area contributed by atoms with E-state index in [1.165, 1.54) is 29.5 Å². The Balaban J connectivity index is 1.48. The second-order valence-corrected chi connectivity index (χ2v) is 9.06. The quantitative estimate of drug-likeness (QED) is 0.200. The number of aromatic carboxylic acids is 1. The van der Waals surface area contributed by atoms with Gasteiger partial charge in [0.05, 0.1) is 22.5 Å². The molecular weight excluding hydrogens is 533 g/mol. The van der Waals surface area contributed by atoms with E-state index in [-0.39, 0.29) is 34.1 Å². The second-order valence-electron chi connectivity index (χ2n) is 8.28. The van der Waals surface area contributed by atoms with Crippen LogP contribution in [0.3, 0.4) is 0 Å². The van der Waals surface area contributed by atoms with Gasteiger partial charge in [-0.15, -0.1) is 0 Å². The maximum absolute atomic E-state index is 13.3. The fourth-order valence-electron chi connectivity index (χ4n) is 3.86. The highest BCUT2D eigenvalue weighted by atomic mass is 32.1. The van der Waals surface area contributed by atoms with Crippen LogP contribution in [0.4, 0.5) is 24.5 Å². The van der Waals surface area contributed by atoms with E-state index in [0.29, 0.717) is 16.7 Å². The number of carboxylic acids is 1. The van der Waals surface area contributed by atoms with Gasteiger partial charge in [-0.05, 0) is 59.5 Å². The summed E-state index contributed by atoms with van der Waals surface area (Å²) in [6.45, 7) is 0. The summed E-state index contributed by atoms with van der Waals surface area (Å²) in [5.74, 6) is -2.04. The number of carboxylic acid groups (broad SMARTS) is 1. The van der Waals surface area contributed by atoms with Crippen LogP contribution in [0.15, 0.2) is 93.8 Å². The van der Waals surface area contributed by atoms with Crippen LogP contribution in [0, 0.1) is 0 Å². The fraction of sp³-hybridized carbons (Fsp3) is 0.0370. The third-order valence-electron chi connectivity index (χ3n) is 5.80. The minimum absolute atomic E-state index is 0.0435. The molecule has 8 nitrogen and oxygen atoms in total. The SMILES string of the molecule is O=C(O)c1cccc(-c2cccc(NN=C3C(=O)N(c4ccc(C(F)(F)F)cc4)N=C3c3ccsc3)c2O)c1. The summed E-state index contributed by atoms with van der Waals surface area (Å²) in [6.07, 6.45) is -4.53. The van der Waals surface area contributed by atoms with Crippen molar-refractivity contribution in [1.29, 1.82) is 0 Å². The molecule has 4 aromatic rings. The molecule has 0 unspecified atom stereocenters. The topological polar surface area (TPSA) is 115 Å². The lowest BCUT2D eigenvalue weighted by atomic mass is 10.0. The van der Waals surface area contributed by atoms with Crippen LogP contribution in [0.25, 0.3) is 11.1 Å². The number of hydrogen-bond donors (Lipinski definition) is 3. The lowest BCUT2D eigenvalue weighted by Crippen LogP contribution is -2.28. The first-order valence-corrected chi connectivity index (χ1v) is 12.2. The van der Waals surface area contributed by atoms with Crippen molar-refractivity contribution in [2.24, 2.45) is 10.2 Å². The molecule has 1 aromatic heterocycles. The number of nitrogens with one attached hydrogen (secondary N) is 1. The largest absolute Gasteiger partial charge is 0.505 e. The van der Waals surface area contributed by atoms with Gasteiger partial charge >= 0.3 is 18.1 Å². The molecule has 39 heavy (non-hydrogen) atoms. The van der Waals surface area contributed by atoms with E-state index in [4.69, 9.17) is 0 Å².